The predicted molar refractivity (Wildman–Crippen MR) is 97.7 cm³/mol. The summed E-state index contributed by atoms with van der Waals surface area (Å²) in [6, 6.07) is 8.15. The van der Waals surface area contributed by atoms with Crippen LogP contribution in [0.5, 0.6) is 0 Å². The lowest BCUT2D eigenvalue weighted by molar-refractivity contribution is -0.115. The van der Waals surface area contributed by atoms with E-state index >= 15 is 0 Å². The van der Waals surface area contributed by atoms with Crippen LogP contribution in [0, 0.1) is 13.8 Å². The van der Waals surface area contributed by atoms with E-state index in [1.807, 2.05) is 13.8 Å². The van der Waals surface area contributed by atoms with Gasteiger partial charge in [0.25, 0.3) is 5.89 Å². The van der Waals surface area contributed by atoms with E-state index in [2.05, 4.69) is 20.6 Å². The third-order valence-corrected chi connectivity index (χ3v) is 5.71. The predicted octanol–water partition coefficient (Wildman–Crippen LogP) is 1.89. The highest BCUT2D eigenvalue weighted by atomic mass is 32.2. The Balaban J connectivity index is 1.60. The van der Waals surface area contributed by atoms with E-state index in [0.717, 1.165) is 11.3 Å². The molecule has 27 heavy (non-hydrogen) atoms. The van der Waals surface area contributed by atoms with E-state index in [4.69, 9.17) is 4.42 Å². The van der Waals surface area contributed by atoms with Crippen LogP contribution in [0.1, 0.15) is 17.7 Å². The van der Waals surface area contributed by atoms with Crippen molar-refractivity contribution in [1.29, 1.82) is 0 Å². The Hall–Kier alpha value is -3.01. The van der Waals surface area contributed by atoms with Gasteiger partial charge in [0, 0.05) is 19.2 Å². The quantitative estimate of drug-likeness (QED) is 0.683. The van der Waals surface area contributed by atoms with Gasteiger partial charge in [0.05, 0.1) is 10.6 Å². The van der Waals surface area contributed by atoms with Gasteiger partial charge in [-0.15, -0.1) is 5.10 Å². The maximum absolute atomic E-state index is 12.3. The molecule has 0 bridgehead atoms. The molecule has 1 amide bonds. The van der Waals surface area contributed by atoms with Gasteiger partial charge in [-0.1, -0.05) is 22.8 Å². The van der Waals surface area contributed by atoms with Gasteiger partial charge >= 0.3 is 6.01 Å². The zero-order valence-electron chi connectivity index (χ0n) is 15.1. The average Bonchev–Trinajstić information content (AvgIpc) is 3.20. The summed E-state index contributed by atoms with van der Waals surface area (Å²) < 4.78 is 31.6. The molecule has 0 fully saturated rings. The molecule has 0 saturated carbocycles. The number of nitrogens with zero attached hydrogens (tertiary/aromatic N) is 4. The van der Waals surface area contributed by atoms with Crippen molar-refractivity contribution >= 4 is 21.8 Å². The highest BCUT2D eigenvalue weighted by Gasteiger charge is 2.18. The largest absolute Gasteiger partial charge is 0.401 e. The van der Waals surface area contributed by atoms with Crippen molar-refractivity contribution in [3.63, 3.8) is 0 Å². The Morgan fingerprint density at radius 1 is 1.19 bits per heavy atom. The van der Waals surface area contributed by atoms with Crippen LogP contribution < -0.4 is 5.32 Å². The molecule has 3 rings (SSSR count). The normalized spacial score (nSPS) is 11.5. The van der Waals surface area contributed by atoms with Gasteiger partial charge in [-0.2, -0.15) is 5.10 Å². The highest BCUT2D eigenvalue weighted by molar-refractivity contribution is 7.91. The minimum Gasteiger partial charge on any atom is -0.401 e. The number of sulfone groups is 1. The number of carbonyl (C=O) groups excluding carboxylic acids is 1. The molecule has 0 spiro atoms. The summed E-state index contributed by atoms with van der Waals surface area (Å²) in [5, 5.41) is 14.2. The van der Waals surface area contributed by atoms with Gasteiger partial charge < -0.3 is 4.42 Å². The SMILES string of the molecule is Cc1ccc(S(=O)(=O)CCC(=O)Nc2nnc(-c3cc(C)n(C)n3)o2)cc1. The zero-order valence-corrected chi connectivity index (χ0v) is 15.9. The van der Waals surface area contributed by atoms with Crippen molar-refractivity contribution < 1.29 is 17.6 Å². The monoisotopic (exact) mass is 389 g/mol. The zero-order chi connectivity index (χ0) is 19.6. The van der Waals surface area contributed by atoms with Gasteiger partial charge in [0.2, 0.25) is 5.91 Å². The first-order valence-corrected chi connectivity index (χ1v) is 9.83. The summed E-state index contributed by atoms with van der Waals surface area (Å²) in [5.74, 6) is -0.679. The molecule has 3 aromatic rings. The summed E-state index contributed by atoms with van der Waals surface area (Å²) in [6.45, 7) is 3.75. The van der Waals surface area contributed by atoms with E-state index in [9.17, 15) is 13.2 Å². The molecule has 142 valence electrons. The van der Waals surface area contributed by atoms with Gasteiger partial charge in [0.1, 0.15) is 5.69 Å². The fourth-order valence-electron chi connectivity index (χ4n) is 2.31. The summed E-state index contributed by atoms with van der Waals surface area (Å²) >= 11 is 0. The molecule has 1 N–H and O–H groups in total. The third-order valence-electron chi connectivity index (χ3n) is 3.98. The number of anilines is 1. The van der Waals surface area contributed by atoms with E-state index < -0.39 is 15.7 Å². The summed E-state index contributed by atoms with van der Waals surface area (Å²) in [5.41, 5.74) is 2.36. The molecule has 2 heterocycles. The molecular formula is C17H19N5O4S. The minimum atomic E-state index is -3.54. The number of hydrogen-bond donors (Lipinski definition) is 1. The number of nitrogens with one attached hydrogen (secondary N) is 1. The molecule has 0 aliphatic carbocycles. The second kappa shape index (κ2) is 7.31. The van der Waals surface area contributed by atoms with Gasteiger partial charge in [-0.05, 0) is 32.0 Å². The Morgan fingerprint density at radius 2 is 1.89 bits per heavy atom. The fraction of sp³-hybridized carbons (Fsp3) is 0.294. The maximum atomic E-state index is 12.3. The molecular weight excluding hydrogens is 370 g/mol. The highest BCUT2D eigenvalue weighted by Crippen LogP contribution is 2.19. The number of amides is 1. The Kier molecular flexibility index (Phi) is 5.08. The van der Waals surface area contributed by atoms with Gasteiger partial charge in [0.15, 0.2) is 9.84 Å². The van der Waals surface area contributed by atoms with E-state index in [0.29, 0.717) is 5.69 Å². The van der Waals surface area contributed by atoms with Crippen LogP contribution in [0.2, 0.25) is 0 Å². The molecule has 0 unspecified atom stereocenters. The molecule has 0 aliphatic rings. The first-order chi connectivity index (χ1) is 12.7. The summed E-state index contributed by atoms with van der Waals surface area (Å²) in [4.78, 5) is 12.2. The van der Waals surface area contributed by atoms with Gasteiger partial charge in [-0.3, -0.25) is 14.8 Å². The standard InChI is InChI=1S/C17H19N5O4S/c1-11-4-6-13(7-5-11)27(24,25)9-8-15(23)18-17-20-19-16(26-17)14-10-12(2)22(3)21-14/h4-7,10H,8-9H2,1-3H3,(H,18,20,23). The van der Waals surface area contributed by atoms with Crippen molar-refractivity contribution in [3.05, 3.63) is 41.6 Å². The number of aromatic nitrogens is 4. The maximum Gasteiger partial charge on any atom is 0.322 e. The lowest BCUT2D eigenvalue weighted by Gasteiger charge is -2.04. The van der Waals surface area contributed by atoms with Crippen LogP contribution in [-0.4, -0.2) is 40.1 Å². The fourth-order valence-corrected chi connectivity index (χ4v) is 3.56. The molecule has 1 aromatic carbocycles. The van der Waals surface area contributed by atoms with Crippen LogP contribution in [0.4, 0.5) is 6.01 Å². The first kappa shape index (κ1) is 18.8. The number of aryl methyl sites for hydroxylation is 3. The third kappa shape index (κ3) is 4.40. The Bertz CT molecular complexity index is 1050. The van der Waals surface area contributed by atoms with E-state index in [1.165, 1.54) is 12.1 Å². The van der Waals surface area contributed by atoms with Crippen LogP contribution in [0.15, 0.2) is 39.6 Å². The number of benzene rings is 1. The van der Waals surface area contributed by atoms with Crippen molar-refractivity contribution in [2.75, 3.05) is 11.1 Å². The van der Waals surface area contributed by atoms with E-state index in [-0.39, 0.29) is 29.0 Å². The average molecular weight is 389 g/mol. The Morgan fingerprint density at radius 3 is 2.52 bits per heavy atom. The number of rotatable bonds is 6. The van der Waals surface area contributed by atoms with Gasteiger partial charge in [-0.25, -0.2) is 8.42 Å². The smallest absolute Gasteiger partial charge is 0.322 e. The Labute approximate surface area is 156 Å². The van der Waals surface area contributed by atoms with Crippen LogP contribution in [0.25, 0.3) is 11.6 Å². The van der Waals surface area contributed by atoms with Crippen molar-refractivity contribution in [1.82, 2.24) is 20.0 Å². The topological polar surface area (TPSA) is 120 Å². The lowest BCUT2D eigenvalue weighted by Crippen LogP contribution is -2.17. The first-order valence-electron chi connectivity index (χ1n) is 8.18. The summed E-state index contributed by atoms with van der Waals surface area (Å²) in [6.07, 6.45) is -0.226. The molecule has 10 heteroatoms. The molecule has 0 radical (unpaired) electrons. The van der Waals surface area contributed by atoms with Crippen molar-refractivity contribution in [2.24, 2.45) is 7.05 Å². The second-order valence-corrected chi connectivity index (χ2v) is 8.25. The molecule has 0 aliphatic heterocycles. The molecule has 2 aromatic heterocycles. The summed E-state index contributed by atoms with van der Waals surface area (Å²) in [7, 11) is -1.76. The lowest BCUT2D eigenvalue weighted by atomic mass is 10.2. The molecule has 0 atom stereocenters. The second-order valence-electron chi connectivity index (χ2n) is 6.14. The van der Waals surface area contributed by atoms with Crippen molar-refractivity contribution in [2.45, 2.75) is 25.2 Å². The number of hydrogen-bond acceptors (Lipinski definition) is 7. The van der Waals surface area contributed by atoms with Crippen LogP contribution >= 0.6 is 0 Å². The van der Waals surface area contributed by atoms with Crippen molar-refractivity contribution in [3.8, 4) is 11.6 Å². The number of carbonyl (C=O) groups is 1. The minimum absolute atomic E-state index is 0.106. The van der Waals surface area contributed by atoms with E-state index in [1.54, 1.807) is 29.9 Å². The molecule has 9 nitrogen and oxygen atoms in total. The molecule has 0 saturated heterocycles. The van der Waals surface area contributed by atoms with Crippen LogP contribution in [-0.2, 0) is 21.7 Å². The van der Waals surface area contributed by atoms with Crippen LogP contribution in [0.3, 0.4) is 0 Å².